The molecule has 0 bridgehead atoms. The zero-order valence-corrected chi connectivity index (χ0v) is 14.6. The van der Waals surface area contributed by atoms with Crippen molar-refractivity contribution < 1.29 is 14.3 Å². The quantitative estimate of drug-likeness (QED) is 0.777. The topological polar surface area (TPSA) is 95.4 Å². The van der Waals surface area contributed by atoms with Crippen LogP contribution in [0.25, 0.3) is 0 Å². The Morgan fingerprint density at radius 1 is 1.40 bits per heavy atom. The second-order valence-corrected chi connectivity index (χ2v) is 6.38. The highest BCUT2D eigenvalue weighted by Crippen LogP contribution is 2.40. The van der Waals surface area contributed by atoms with E-state index in [0.29, 0.717) is 18.3 Å². The lowest BCUT2D eigenvalue weighted by Gasteiger charge is -2.29. The predicted octanol–water partition coefficient (Wildman–Crippen LogP) is 1.63. The number of amidine groups is 1. The molecular formula is C16H19N5O3S. The van der Waals surface area contributed by atoms with Gasteiger partial charge in [-0.05, 0) is 6.07 Å². The van der Waals surface area contributed by atoms with Gasteiger partial charge in [-0.25, -0.2) is 14.8 Å². The van der Waals surface area contributed by atoms with E-state index in [4.69, 9.17) is 4.74 Å². The lowest BCUT2D eigenvalue weighted by Crippen LogP contribution is -2.41. The van der Waals surface area contributed by atoms with Crippen molar-refractivity contribution in [3.05, 3.63) is 29.8 Å². The molecule has 132 valence electrons. The molecule has 1 aromatic rings. The first-order chi connectivity index (χ1) is 12.2. The van der Waals surface area contributed by atoms with E-state index in [2.05, 4.69) is 20.7 Å². The summed E-state index contributed by atoms with van der Waals surface area (Å²) in [5.74, 6) is -0.307. The maximum atomic E-state index is 11.9. The molecule has 2 aliphatic rings. The summed E-state index contributed by atoms with van der Waals surface area (Å²) in [5, 5.41) is 11.7. The van der Waals surface area contributed by atoms with Gasteiger partial charge >= 0.3 is 6.03 Å². The van der Waals surface area contributed by atoms with E-state index < -0.39 is 6.03 Å². The number of hydrazone groups is 1. The van der Waals surface area contributed by atoms with Crippen LogP contribution < -0.4 is 10.6 Å². The summed E-state index contributed by atoms with van der Waals surface area (Å²) < 4.78 is 4.83. The Bertz CT molecular complexity index is 721. The van der Waals surface area contributed by atoms with Crippen LogP contribution in [0.1, 0.15) is 18.0 Å². The Hall–Kier alpha value is -2.39. The van der Waals surface area contributed by atoms with E-state index >= 15 is 0 Å². The number of rotatable bonds is 5. The Kier molecular flexibility index (Phi) is 5.67. The smallest absolute Gasteiger partial charge is 0.321 e. The average Bonchev–Trinajstić information content (AvgIpc) is 3.10. The van der Waals surface area contributed by atoms with Crippen LogP contribution in [0.15, 0.2) is 34.4 Å². The Labute approximate surface area is 149 Å². The van der Waals surface area contributed by atoms with Crippen molar-refractivity contribution in [2.75, 3.05) is 26.0 Å². The molecule has 3 amide bonds. The first-order valence-electron chi connectivity index (χ1n) is 7.87. The van der Waals surface area contributed by atoms with Crippen molar-refractivity contribution >= 4 is 40.8 Å². The number of para-hydroxylation sites is 1. The van der Waals surface area contributed by atoms with Crippen LogP contribution in [0.5, 0.6) is 0 Å². The standard InChI is InChI=1S/C16H19N5O3S/c1-24-9-8-17-15(23)20-14(22)10-25-16-19-12-5-3-2-4-11(12)13-6-7-18-21(13)16/h2-5,7,13H,6,8-10H2,1H3,(H2,17,20,22,23)/t13-/m0/s1. The molecule has 9 heteroatoms. The highest BCUT2D eigenvalue weighted by Gasteiger charge is 2.32. The van der Waals surface area contributed by atoms with Gasteiger partial charge in [0.05, 0.1) is 24.1 Å². The van der Waals surface area contributed by atoms with Gasteiger partial charge in [0.2, 0.25) is 5.91 Å². The number of fused-ring (bicyclic) bond motifs is 3. The van der Waals surface area contributed by atoms with E-state index in [1.54, 1.807) is 7.11 Å². The van der Waals surface area contributed by atoms with Gasteiger partial charge in [-0.15, -0.1) is 0 Å². The minimum Gasteiger partial charge on any atom is -0.383 e. The number of benzene rings is 1. The first-order valence-corrected chi connectivity index (χ1v) is 8.86. The molecule has 8 nitrogen and oxygen atoms in total. The minimum absolute atomic E-state index is 0.0808. The van der Waals surface area contributed by atoms with Crippen LogP contribution in [0.2, 0.25) is 0 Å². The number of carbonyl (C=O) groups excluding carboxylic acids is 2. The molecule has 2 aliphatic heterocycles. The molecule has 1 aromatic carbocycles. The predicted molar refractivity (Wildman–Crippen MR) is 97.1 cm³/mol. The fourth-order valence-electron chi connectivity index (χ4n) is 2.58. The summed E-state index contributed by atoms with van der Waals surface area (Å²) in [6.07, 6.45) is 2.66. The monoisotopic (exact) mass is 361 g/mol. The van der Waals surface area contributed by atoms with E-state index in [1.165, 1.54) is 11.8 Å². The number of methoxy groups -OCH3 is 1. The van der Waals surface area contributed by atoms with Gasteiger partial charge in [0.1, 0.15) is 0 Å². The molecule has 2 heterocycles. The van der Waals surface area contributed by atoms with E-state index in [1.807, 2.05) is 35.5 Å². The van der Waals surface area contributed by atoms with Crippen LogP contribution in [0.4, 0.5) is 10.5 Å². The van der Waals surface area contributed by atoms with Crippen LogP contribution in [0.3, 0.4) is 0 Å². The third-order valence-corrected chi connectivity index (χ3v) is 4.66. The molecule has 0 unspecified atom stereocenters. The highest BCUT2D eigenvalue weighted by molar-refractivity contribution is 8.14. The van der Waals surface area contributed by atoms with Gasteiger partial charge in [0.25, 0.3) is 0 Å². The summed E-state index contributed by atoms with van der Waals surface area (Å²) in [6, 6.07) is 7.51. The summed E-state index contributed by atoms with van der Waals surface area (Å²) in [7, 11) is 1.54. The van der Waals surface area contributed by atoms with Gasteiger partial charge < -0.3 is 10.1 Å². The summed E-state index contributed by atoms with van der Waals surface area (Å²) >= 11 is 1.26. The maximum absolute atomic E-state index is 11.9. The van der Waals surface area contributed by atoms with Gasteiger partial charge in [0.15, 0.2) is 5.17 Å². The number of nitrogens with zero attached hydrogens (tertiary/aromatic N) is 3. The van der Waals surface area contributed by atoms with Crippen molar-refractivity contribution in [2.24, 2.45) is 10.1 Å². The normalized spacial score (nSPS) is 17.6. The van der Waals surface area contributed by atoms with Gasteiger partial charge in [0, 0.05) is 31.9 Å². The number of thioether (sulfide) groups is 1. The lowest BCUT2D eigenvalue weighted by molar-refractivity contribution is -0.117. The minimum atomic E-state index is -0.532. The average molecular weight is 361 g/mol. The summed E-state index contributed by atoms with van der Waals surface area (Å²) in [5.41, 5.74) is 2.03. The first kappa shape index (κ1) is 17.4. The molecule has 3 rings (SSSR count). The number of carbonyl (C=O) groups is 2. The number of hydrogen-bond donors (Lipinski definition) is 2. The summed E-state index contributed by atoms with van der Waals surface area (Å²) in [4.78, 5) is 28.1. The molecule has 2 N–H and O–H groups in total. The molecule has 0 saturated heterocycles. The number of aliphatic imine (C=N–C) groups is 1. The van der Waals surface area contributed by atoms with Crippen molar-refractivity contribution in [3.63, 3.8) is 0 Å². The number of ether oxygens (including phenoxy) is 1. The highest BCUT2D eigenvalue weighted by atomic mass is 32.2. The molecule has 0 saturated carbocycles. The number of urea groups is 1. The summed E-state index contributed by atoms with van der Waals surface area (Å²) in [6.45, 7) is 0.733. The Balaban J connectivity index is 1.57. The Morgan fingerprint density at radius 3 is 3.08 bits per heavy atom. The third-order valence-electron chi connectivity index (χ3n) is 3.71. The van der Waals surface area contributed by atoms with Gasteiger partial charge in [-0.2, -0.15) is 5.10 Å². The molecule has 25 heavy (non-hydrogen) atoms. The molecule has 0 aromatic heterocycles. The lowest BCUT2D eigenvalue weighted by atomic mass is 10.0. The maximum Gasteiger partial charge on any atom is 0.321 e. The molecule has 0 fully saturated rings. The van der Waals surface area contributed by atoms with Crippen LogP contribution >= 0.6 is 11.8 Å². The van der Waals surface area contributed by atoms with Gasteiger partial charge in [-0.1, -0.05) is 30.0 Å². The van der Waals surface area contributed by atoms with Crippen molar-refractivity contribution in [1.82, 2.24) is 15.6 Å². The number of nitrogens with one attached hydrogen (secondary N) is 2. The largest absolute Gasteiger partial charge is 0.383 e. The van der Waals surface area contributed by atoms with E-state index in [0.717, 1.165) is 17.7 Å². The number of hydrogen-bond acceptors (Lipinski definition) is 7. The zero-order chi connectivity index (χ0) is 17.6. The Morgan fingerprint density at radius 2 is 2.24 bits per heavy atom. The SMILES string of the molecule is COCCNC(=O)NC(=O)CSC1=Nc2ccccc2[C@@H]2CC=NN12. The number of imide groups is 1. The van der Waals surface area contributed by atoms with Crippen LogP contribution in [-0.4, -0.2) is 54.3 Å². The van der Waals surface area contributed by atoms with Crippen molar-refractivity contribution in [2.45, 2.75) is 12.5 Å². The molecule has 0 aliphatic carbocycles. The fourth-order valence-corrected chi connectivity index (χ4v) is 3.39. The van der Waals surface area contributed by atoms with Crippen molar-refractivity contribution in [3.8, 4) is 0 Å². The number of amides is 3. The van der Waals surface area contributed by atoms with Crippen LogP contribution in [-0.2, 0) is 9.53 Å². The zero-order valence-electron chi connectivity index (χ0n) is 13.8. The molecule has 0 spiro atoms. The van der Waals surface area contributed by atoms with Crippen LogP contribution in [0, 0.1) is 0 Å². The molecular weight excluding hydrogens is 342 g/mol. The molecule has 0 radical (unpaired) electrons. The second kappa shape index (κ2) is 8.13. The van der Waals surface area contributed by atoms with E-state index in [-0.39, 0.29) is 17.7 Å². The van der Waals surface area contributed by atoms with E-state index in [9.17, 15) is 9.59 Å². The fraction of sp³-hybridized carbons (Fsp3) is 0.375. The molecule has 1 atom stereocenters. The van der Waals surface area contributed by atoms with Crippen molar-refractivity contribution in [1.29, 1.82) is 0 Å². The van der Waals surface area contributed by atoms with Gasteiger partial charge in [-0.3, -0.25) is 10.1 Å². The second-order valence-electron chi connectivity index (χ2n) is 5.43. The third kappa shape index (κ3) is 4.18.